The quantitative estimate of drug-likeness (QED) is 0.110. The third-order valence-electron chi connectivity index (χ3n) is 9.81. The van der Waals surface area contributed by atoms with Crippen LogP contribution in [0.2, 0.25) is 5.02 Å². The minimum Gasteiger partial charge on any atom is -0.490 e. The minimum atomic E-state index is -1.23. The second-order valence-electron chi connectivity index (χ2n) is 15.3. The smallest absolute Gasteiger partial charge is 0.407 e. The third-order valence-corrected chi connectivity index (χ3v) is 10.0. The van der Waals surface area contributed by atoms with Gasteiger partial charge in [-0.25, -0.2) is 4.79 Å². The second-order valence-corrected chi connectivity index (χ2v) is 15.8. The van der Waals surface area contributed by atoms with Crippen LogP contribution in [0, 0.1) is 25.2 Å². The van der Waals surface area contributed by atoms with Gasteiger partial charge in [0.1, 0.15) is 24.5 Å². The number of carbonyl (C=O) groups is 3. The summed E-state index contributed by atoms with van der Waals surface area (Å²) in [7, 11) is 1.22. The van der Waals surface area contributed by atoms with Crippen LogP contribution in [0.4, 0.5) is 4.79 Å². The number of benzene rings is 3. The van der Waals surface area contributed by atoms with Crippen molar-refractivity contribution in [3.05, 3.63) is 118 Å². The number of halogens is 1. The van der Waals surface area contributed by atoms with Gasteiger partial charge in [0, 0.05) is 27.9 Å². The van der Waals surface area contributed by atoms with Gasteiger partial charge < -0.3 is 35.6 Å². The Balaban J connectivity index is 1.45. The average molecular weight is 771 g/mol. The van der Waals surface area contributed by atoms with Gasteiger partial charge in [0.2, 0.25) is 11.8 Å². The Morgan fingerprint density at radius 1 is 0.891 bits per heavy atom. The molecule has 0 radical (unpaired) electrons. The molecule has 1 aliphatic rings. The molecule has 6 atom stereocenters. The van der Waals surface area contributed by atoms with E-state index in [-0.39, 0.29) is 25.9 Å². The van der Waals surface area contributed by atoms with Crippen molar-refractivity contribution in [3.63, 3.8) is 0 Å². The maximum Gasteiger partial charge on any atom is 0.407 e. The molecule has 55 heavy (non-hydrogen) atoms. The Hall–Kier alpha value is -4.97. The van der Waals surface area contributed by atoms with Crippen molar-refractivity contribution in [1.82, 2.24) is 20.9 Å². The largest absolute Gasteiger partial charge is 0.490 e. The highest BCUT2D eigenvalue weighted by Gasteiger charge is 2.37. The standard InChI is InChI=1S/C43H51ClN4O7/c1-25-18-30(19-26(2)45-25)29-16-14-27(15-17-29)22-34(46-41(52)39(43(3,4)5)48-42(53)54-6)35(49)23-31(20-28-10-9-11-32(44)21-28)40(51)47-38-33-12-7-8-13-37(33)55-24-36(38)50/h7-19,21,31,34-36,38-39,49-50H,20,22-24H2,1-6H3,(H,46,52)(H,47,51)(H,48,53)/t31-,34+,35+,36-,38+,39-/m1/s1. The van der Waals surface area contributed by atoms with Crippen LogP contribution >= 0.6 is 11.6 Å². The number of methoxy groups -OCH3 is 1. The van der Waals surface area contributed by atoms with Crippen LogP contribution in [0.15, 0.2) is 84.9 Å². The zero-order chi connectivity index (χ0) is 39.9. The van der Waals surface area contributed by atoms with E-state index in [0.29, 0.717) is 16.3 Å². The number of aryl methyl sites for hydroxylation is 2. The van der Waals surface area contributed by atoms with Crippen LogP contribution in [0.5, 0.6) is 5.75 Å². The van der Waals surface area contributed by atoms with Gasteiger partial charge in [-0.15, -0.1) is 0 Å². The summed E-state index contributed by atoms with van der Waals surface area (Å²) in [5, 5.41) is 32.2. The van der Waals surface area contributed by atoms with E-state index in [9.17, 15) is 24.6 Å². The second kappa shape index (κ2) is 18.1. The molecule has 0 bridgehead atoms. The Morgan fingerprint density at radius 3 is 2.24 bits per heavy atom. The number of hydrogen-bond donors (Lipinski definition) is 5. The van der Waals surface area contributed by atoms with E-state index in [1.54, 1.807) is 30.3 Å². The summed E-state index contributed by atoms with van der Waals surface area (Å²) < 4.78 is 10.5. The highest BCUT2D eigenvalue weighted by molar-refractivity contribution is 6.30. The predicted molar refractivity (Wildman–Crippen MR) is 212 cm³/mol. The maximum absolute atomic E-state index is 14.2. The molecule has 11 nitrogen and oxygen atoms in total. The molecule has 2 heterocycles. The Morgan fingerprint density at radius 2 is 1.58 bits per heavy atom. The van der Waals surface area contributed by atoms with Gasteiger partial charge in [-0.05, 0) is 91.1 Å². The number of nitrogens with one attached hydrogen (secondary N) is 3. The van der Waals surface area contributed by atoms with Gasteiger partial charge in [-0.3, -0.25) is 14.6 Å². The molecule has 3 amide bonds. The number of aromatic nitrogens is 1. The molecule has 0 aliphatic carbocycles. The molecule has 0 saturated heterocycles. The van der Waals surface area contributed by atoms with E-state index in [1.165, 1.54) is 7.11 Å². The van der Waals surface area contributed by atoms with Crippen molar-refractivity contribution in [2.45, 2.75) is 84.2 Å². The third kappa shape index (κ3) is 11.1. The Kier molecular flexibility index (Phi) is 13.6. The maximum atomic E-state index is 14.2. The molecule has 12 heteroatoms. The molecule has 3 aromatic carbocycles. The number of pyridine rings is 1. The van der Waals surface area contributed by atoms with Crippen molar-refractivity contribution in [2.75, 3.05) is 13.7 Å². The molecule has 292 valence electrons. The number of nitrogens with zero attached hydrogens (tertiary/aromatic N) is 1. The normalized spacial score (nSPS) is 17.4. The van der Waals surface area contributed by atoms with Crippen LogP contribution in [0.3, 0.4) is 0 Å². The van der Waals surface area contributed by atoms with Crippen molar-refractivity contribution < 1.29 is 34.1 Å². The van der Waals surface area contributed by atoms with Crippen LogP contribution in [-0.2, 0) is 27.2 Å². The van der Waals surface area contributed by atoms with Gasteiger partial charge in [-0.1, -0.05) is 87.0 Å². The predicted octanol–water partition coefficient (Wildman–Crippen LogP) is 6.04. The molecule has 0 unspecified atom stereocenters. The summed E-state index contributed by atoms with van der Waals surface area (Å²) in [5.74, 6) is -1.14. The van der Waals surface area contributed by atoms with Gasteiger partial charge in [0.15, 0.2) is 0 Å². The number of ether oxygens (including phenoxy) is 2. The van der Waals surface area contributed by atoms with Crippen LogP contribution < -0.4 is 20.7 Å². The summed E-state index contributed by atoms with van der Waals surface area (Å²) >= 11 is 6.33. The van der Waals surface area contributed by atoms with Gasteiger partial charge in [-0.2, -0.15) is 0 Å². The molecular formula is C43H51ClN4O7. The number of amides is 3. The summed E-state index contributed by atoms with van der Waals surface area (Å²) in [6.45, 7) is 9.34. The van der Waals surface area contributed by atoms with Gasteiger partial charge in [0.25, 0.3) is 0 Å². The first-order chi connectivity index (χ1) is 26.1. The summed E-state index contributed by atoms with van der Waals surface area (Å²) in [6.07, 6.45) is -2.60. The van der Waals surface area contributed by atoms with Crippen molar-refractivity contribution in [1.29, 1.82) is 0 Å². The van der Waals surface area contributed by atoms with Gasteiger partial charge >= 0.3 is 6.09 Å². The van der Waals surface area contributed by atoms with Gasteiger partial charge in [0.05, 0.1) is 25.3 Å². The SMILES string of the molecule is COC(=O)N[C@H](C(=O)N[C@@H](Cc1ccc(-c2cc(C)nc(C)c2)cc1)[C@@H](O)C[C@@H](Cc1cccc(Cl)c1)C(=O)N[C@H]1c2ccccc2OC[C@H]1O)C(C)(C)C. The number of rotatable bonds is 13. The molecule has 4 aromatic rings. The summed E-state index contributed by atoms with van der Waals surface area (Å²) in [6, 6.07) is 23.6. The molecule has 0 spiro atoms. The summed E-state index contributed by atoms with van der Waals surface area (Å²) in [5.41, 5.74) is 5.37. The number of para-hydroxylation sites is 1. The average Bonchev–Trinajstić information content (AvgIpc) is 3.13. The highest BCUT2D eigenvalue weighted by Crippen LogP contribution is 2.33. The molecule has 1 aromatic heterocycles. The molecule has 5 N–H and O–H groups in total. The Bertz CT molecular complexity index is 1950. The number of aliphatic hydroxyl groups is 2. The number of fused-ring (bicyclic) bond motifs is 1. The molecule has 0 fully saturated rings. The molecule has 1 aliphatic heterocycles. The number of hydrogen-bond acceptors (Lipinski definition) is 8. The number of alkyl carbamates (subject to hydrolysis) is 1. The van der Waals surface area contributed by atoms with E-state index >= 15 is 0 Å². The lowest BCUT2D eigenvalue weighted by molar-refractivity contribution is -0.128. The first-order valence-electron chi connectivity index (χ1n) is 18.4. The lowest BCUT2D eigenvalue weighted by atomic mass is 9.85. The van der Waals surface area contributed by atoms with Crippen LogP contribution in [-0.4, -0.2) is 71.1 Å². The number of aliphatic hydroxyl groups excluding tert-OH is 2. The van der Waals surface area contributed by atoms with E-state index in [1.807, 2.05) is 89.2 Å². The minimum absolute atomic E-state index is 0.00533. The zero-order valence-corrected chi connectivity index (χ0v) is 32.9. The fraction of sp³-hybridized carbons (Fsp3) is 0.395. The van der Waals surface area contributed by atoms with Crippen LogP contribution in [0.25, 0.3) is 11.1 Å². The van der Waals surface area contributed by atoms with E-state index in [4.69, 9.17) is 21.1 Å². The molecule has 5 rings (SSSR count). The molecule has 0 saturated carbocycles. The zero-order valence-electron chi connectivity index (χ0n) is 32.1. The van der Waals surface area contributed by atoms with Crippen molar-refractivity contribution >= 4 is 29.5 Å². The topological polar surface area (TPSA) is 159 Å². The number of carbonyl (C=O) groups excluding carboxylic acids is 3. The van der Waals surface area contributed by atoms with E-state index in [2.05, 4.69) is 20.9 Å². The fourth-order valence-corrected chi connectivity index (χ4v) is 7.18. The first-order valence-corrected chi connectivity index (χ1v) is 18.8. The van der Waals surface area contributed by atoms with E-state index in [0.717, 1.165) is 33.6 Å². The highest BCUT2D eigenvalue weighted by atomic mass is 35.5. The van der Waals surface area contributed by atoms with Crippen LogP contribution in [0.1, 0.15) is 61.3 Å². The summed E-state index contributed by atoms with van der Waals surface area (Å²) in [4.78, 5) is 45.0. The monoisotopic (exact) mass is 770 g/mol. The lowest BCUT2D eigenvalue weighted by Gasteiger charge is -2.34. The Labute approximate surface area is 327 Å². The first kappa shape index (κ1) is 41.2. The van der Waals surface area contributed by atoms with Crippen molar-refractivity contribution in [2.24, 2.45) is 11.3 Å². The fourth-order valence-electron chi connectivity index (χ4n) is 6.97. The molecular weight excluding hydrogens is 720 g/mol. The van der Waals surface area contributed by atoms with Crippen molar-refractivity contribution in [3.8, 4) is 16.9 Å². The lowest BCUT2D eigenvalue weighted by Crippen LogP contribution is -2.57. The van der Waals surface area contributed by atoms with E-state index < -0.39 is 59.6 Å².